The molecule has 0 amide bonds. The molecule has 4 nitrogen and oxygen atoms in total. The van der Waals surface area contributed by atoms with Gasteiger partial charge in [0.05, 0.1) is 0 Å². The van der Waals surface area contributed by atoms with Crippen molar-refractivity contribution in [3.63, 3.8) is 0 Å². The van der Waals surface area contributed by atoms with Gasteiger partial charge in [0.1, 0.15) is 5.75 Å². The summed E-state index contributed by atoms with van der Waals surface area (Å²) in [5.74, 6) is 0.690. The summed E-state index contributed by atoms with van der Waals surface area (Å²) in [6.45, 7) is 2.31. The minimum atomic E-state index is -3.00. The van der Waals surface area contributed by atoms with Crippen molar-refractivity contribution in [3.8, 4) is 5.75 Å². The summed E-state index contributed by atoms with van der Waals surface area (Å²) in [7, 11) is 4.17. The van der Waals surface area contributed by atoms with Crippen LogP contribution in [0, 0.1) is 0 Å². The summed E-state index contributed by atoms with van der Waals surface area (Å²) < 4.78 is 22.3. The first-order valence-corrected chi connectivity index (χ1v) is 15.8. The maximum absolute atomic E-state index is 13.1. The van der Waals surface area contributed by atoms with Crippen molar-refractivity contribution in [1.29, 1.82) is 0 Å². The molecular formula is C25H43N2O2PS2. The Morgan fingerprint density at radius 2 is 1.50 bits per heavy atom. The van der Waals surface area contributed by atoms with Gasteiger partial charge >= 0.3 is 7.67 Å². The molecule has 1 aromatic carbocycles. The zero-order valence-corrected chi connectivity index (χ0v) is 23.2. The molecule has 0 N–H and O–H groups in total. The van der Waals surface area contributed by atoms with Crippen LogP contribution in [0.25, 0.3) is 0 Å². The SMILES string of the molecule is CCCC1SC1CC1SC1CCCCCCCc1cccc(OP(=O)(N(C)C)N(C)C)c1. The maximum Gasteiger partial charge on any atom is 0.394 e. The third-order valence-corrected chi connectivity index (χ3v) is 11.9. The van der Waals surface area contributed by atoms with Crippen molar-refractivity contribution < 1.29 is 9.09 Å². The molecule has 0 bridgehead atoms. The molecule has 2 aliphatic heterocycles. The Balaban J connectivity index is 1.25. The monoisotopic (exact) mass is 498 g/mol. The quantitative estimate of drug-likeness (QED) is 0.135. The topological polar surface area (TPSA) is 32.8 Å². The van der Waals surface area contributed by atoms with Crippen molar-refractivity contribution in [1.82, 2.24) is 9.34 Å². The van der Waals surface area contributed by atoms with Crippen molar-refractivity contribution >= 4 is 31.2 Å². The van der Waals surface area contributed by atoms with E-state index in [1.54, 1.807) is 37.5 Å². The molecule has 0 radical (unpaired) electrons. The number of unbranched alkanes of at least 4 members (excludes halogenated alkanes) is 4. The molecule has 2 aliphatic rings. The Kier molecular flexibility index (Phi) is 10.4. The molecule has 2 heterocycles. The fraction of sp³-hybridized carbons (Fsp3) is 0.760. The molecule has 32 heavy (non-hydrogen) atoms. The van der Waals surface area contributed by atoms with E-state index < -0.39 is 7.67 Å². The van der Waals surface area contributed by atoms with E-state index in [9.17, 15) is 4.57 Å². The number of hydrogen-bond donors (Lipinski definition) is 0. The van der Waals surface area contributed by atoms with E-state index in [4.69, 9.17) is 4.52 Å². The molecular weight excluding hydrogens is 455 g/mol. The third kappa shape index (κ3) is 7.98. The van der Waals surface area contributed by atoms with E-state index in [1.165, 1.54) is 63.4 Å². The van der Waals surface area contributed by atoms with Gasteiger partial charge in [0.2, 0.25) is 0 Å². The van der Waals surface area contributed by atoms with Gasteiger partial charge in [-0.3, -0.25) is 0 Å². The minimum absolute atomic E-state index is 0.690. The van der Waals surface area contributed by atoms with E-state index >= 15 is 0 Å². The average molecular weight is 499 g/mol. The zero-order valence-electron chi connectivity index (χ0n) is 20.7. The van der Waals surface area contributed by atoms with Gasteiger partial charge in [-0.2, -0.15) is 23.5 Å². The van der Waals surface area contributed by atoms with Crippen LogP contribution in [0.2, 0.25) is 0 Å². The molecule has 2 fully saturated rings. The van der Waals surface area contributed by atoms with Gasteiger partial charge in [0.15, 0.2) is 0 Å². The number of rotatable bonds is 16. The largest absolute Gasteiger partial charge is 0.422 e. The number of nitrogens with zero attached hydrogens (tertiary/aromatic N) is 2. The maximum atomic E-state index is 13.1. The predicted molar refractivity (Wildman–Crippen MR) is 143 cm³/mol. The van der Waals surface area contributed by atoms with Crippen LogP contribution in [0.4, 0.5) is 0 Å². The lowest BCUT2D eigenvalue weighted by atomic mass is 10.0. The van der Waals surface area contributed by atoms with Gasteiger partial charge in [0, 0.05) is 21.0 Å². The second-order valence-electron chi connectivity index (χ2n) is 9.68. The summed E-state index contributed by atoms with van der Waals surface area (Å²) in [4.78, 5) is 0. The van der Waals surface area contributed by atoms with Crippen LogP contribution in [0.1, 0.15) is 70.3 Å². The molecule has 4 unspecified atom stereocenters. The molecule has 3 rings (SSSR count). The molecule has 0 aliphatic carbocycles. The number of hydrogen-bond acceptors (Lipinski definition) is 4. The van der Waals surface area contributed by atoms with Crippen LogP contribution in [0.3, 0.4) is 0 Å². The number of benzene rings is 1. The van der Waals surface area contributed by atoms with Gasteiger partial charge in [-0.15, -0.1) is 0 Å². The molecule has 7 heteroatoms. The first-order chi connectivity index (χ1) is 15.3. The lowest BCUT2D eigenvalue weighted by Gasteiger charge is -2.29. The summed E-state index contributed by atoms with van der Waals surface area (Å²) in [6, 6.07) is 8.11. The first kappa shape index (κ1) is 26.5. The van der Waals surface area contributed by atoms with Crippen LogP contribution in [0.5, 0.6) is 5.75 Å². The van der Waals surface area contributed by atoms with E-state index in [0.29, 0.717) is 5.75 Å². The van der Waals surface area contributed by atoms with E-state index in [2.05, 4.69) is 36.5 Å². The highest BCUT2D eigenvalue weighted by molar-refractivity contribution is 8.08. The number of aryl methyl sites for hydroxylation is 1. The molecule has 1 aromatic rings. The second-order valence-corrected chi connectivity index (χ2v) is 15.4. The molecule has 0 aromatic heterocycles. The molecule has 4 atom stereocenters. The van der Waals surface area contributed by atoms with Gasteiger partial charge in [-0.25, -0.2) is 13.9 Å². The Morgan fingerprint density at radius 3 is 2.16 bits per heavy atom. The van der Waals surface area contributed by atoms with Gasteiger partial charge < -0.3 is 4.52 Å². The fourth-order valence-corrected chi connectivity index (χ4v) is 8.49. The summed E-state index contributed by atoms with van der Waals surface area (Å²) >= 11 is 4.48. The smallest absolute Gasteiger partial charge is 0.394 e. The van der Waals surface area contributed by atoms with Crippen LogP contribution in [-0.4, -0.2) is 58.5 Å². The normalized spacial score (nSPS) is 24.8. The highest BCUT2D eigenvalue weighted by Crippen LogP contribution is 2.55. The molecule has 0 saturated carbocycles. The van der Waals surface area contributed by atoms with Gasteiger partial charge in [-0.1, -0.05) is 51.2 Å². The Morgan fingerprint density at radius 1 is 0.875 bits per heavy atom. The van der Waals surface area contributed by atoms with Crippen molar-refractivity contribution in [3.05, 3.63) is 29.8 Å². The van der Waals surface area contributed by atoms with Crippen molar-refractivity contribution in [2.75, 3.05) is 28.2 Å². The summed E-state index contributed by atoms with van der Waals surface area (Å²) in [5, 5.41) is 3.96. The van der Waals surface area contributed by atoms with E-state index in [0.717, 1.165) is 27.4 Å². The number of thioether (sulfide) groups is 2. The van der Waals surface area contributed by atoms with Crippen LogP contribution >= 0.6 is 31.2 Å². The van der Waals surface area contributed by atoms with Crippen LogP contribution in [0.15, 0.2) is 24.3 Å². The van der Waals surface area contributed by atoms with Crippen LogP contribution in [-0.2, 0) is 11.0 Å². The van der Waals surface area contributed by atoms with Crippen molar-refractivity contribution in [2.45, 2.75) is 92.1 Å². The van der Waals surface area contributed by atoms with E-state index in [-0.39, 0.29) is 0 Å². The van der Waals surface area contributed by atoms with E-state index in [1.807, 2.05) is 18.2 Å². The Bertz CT molecular complexity index is 749. The molecule has 0 spiro atoms. The molecule has 182 valence electrons. The highest BCUT2D eigenvalue weighted by Gasteiger charge is 2.46. The highest BCUT2D eigenvalue weighted by atomic mass is 32.2. The lowest BCUT2D eigenvalue weighted by Crippen LogP contribution is -2.24. The Hall–Kier alpha value is -0.130. The Labute approximate surface area is 205 Å². The van der Waals surface area contributed by atoms with Crippen LogP contribution < -0.4 is 4.52 Å². The van der Waals surface area contributed by atoms with Gasteiger partial charge in [-0.05, 0) is 78.0 Å². The lowest BCUT2D eigenvalue weighted by molar-refractivity contribution is 0.354. The standard InChI is InChI=1S/C25H43N2O2PS2/c1-6-13-22-24(31-22)19-25-23(32-25)17-11-9-7-8-10-14-20-15-12-16-21(18-20)29-30(28,26(2)3)27(4)5/h12,15-16,18,22-25H,6-11,13-14,17,19H2,1-5H3. The first-order valence-electron chi connectivity index (χ1n) is 12.4. The summed E-state index contributed by atoms with van der Waals surface area (Å²) in [5.41, 5.74) is 1.27. The van der Waals surface area contributed by atoms with Gasteiger partial charge in [0.25, 0.3) is 0 Å². The minimum Gasteiger partial charge on any atom is -0.422 e. The predicted octanol–water partition coefficient (Wildman–Crippen LogP) is 7.34. The fourth-order valence-electron chi connectivity index (χ4n) is 4.42. The zero-order chi connectivity index (χ0) is 23.1. The summed E-state index contributed by atoms with van der Waals surface area (Å²) in [6.07, 6.45) is 13.4. The van der Waals surface area contributed by atoms with Crippen molar-refractivity contribution in [2.24, 2.45) is 0 Å². The molecule has 2 saturated heterocycles. The third-order valence-electron chi connectivity index (χ3n) is 6.50. The second kappa shape index (κ2) is 12.5. The average Bonchev–Trinajstić information content (AvgIpc) is 3.66.